The van der Waals surface area contributed by atoms with Gasteiger partial charge in [0.25, 0.3) is 5.91 Å². The molecule has 96 valence electrons. The Morgan fingerprint density at radius 3 is 2.83 bits per heavy atom. The molecular weight excluding hydrogens is 232 g/mol. The minimum atomic E-state index is -0.198. The van der Waals surface area contributed by atoms with Crippen molar-refractivity contribution in [3.63, 3.8) is 0 Å². The summed E-state index contributed by atoms with van der Waals surface area (Å²) in [6.07, 6.45) is 0. The molecule has 18 heavy (non-hydrogen) atoms. The molecule has 5 nitrogen and oxygen atoms in total. The summed E-state index contributed by atoms with van der Waals surface area (Å²) in [5, 5.41) is 12.3. The third-order valence-corrected chi connectivity index (χ3v) is 2.76. The summed E-state index contributed by atoms with van der Waals surface area (Å²) in [7, 11) is 1.47. The van der Waals surface area contributed by atoms with E-state index in [9.17, 15) is 9.90 Å². The van der Waals surface area contributed by atoms with E-state index in [0.29, 0.717) is 6.54 Å². The van der Waals surface area contributed by atoms with E-state index >= 15 is 0 Å². The molecule has 0 saturated heterocycles. The second-order valence-corrected chi connectivity index (χ2v) is 3.92. The van der Waals surface area contributed by atoms with E-state index in [0.717, 1.165) is 10.9 Å². The number of aromatic nitrogens is 1. The molecule has 0 fully saturated rings. The highest BCUT2D eigenvalue weighted by atomic mass is 16.5. The third kappa shape index (κ3) is 2.04. The molecule has 1 aromatic heterocycles. The lowest BCUT2D eigenvalue weighted by Gasteiger charge is -2.23. The number of aromatic hydroxyl groups is 1. The van der Waals surface area contributed by atoms with E-state index in [4.69, 9.17) is 4.74 Å². The van der Waals surface area contributed by atoms with Gasteiger partial charge in [0.15, 0.2) is 0 Å². The van der Waals surface area contributed by atoms with Crippen molar-refractivity contribution >= 4 is 16.8 Å². The largest absolute Gasteiger partial charge is 0.493 e. The summed E-state index contributed by atoms with van der Waals surface area (Å²) < 4.78 is 6.36. The summed E-state index contributed by atoms with van der Waals surface area (Å²) in [6.45, 7) is 2.29. The molecule has 0 unspecified atom stereocenters. The second-order valence-electron chi connectivity index (χ2n) is 3.92. The summed E-state index contributed by atoms with van der Waals surface area (Å²) in [4.78, 5) is 11.9. The lowest BCUT2D eigenvalue weighted by Crippen LogP contribution is -2.42. The molecule has 1 amide bonds. The smallest absolute Gasteiger partial charge is 0.267 e. The van der Waals surface area contributed by atoms with Crippen LogP contribution >= 0.6 is 0 Å². The Bertz CT molecular complexity index is 562. The van der Waals surface area contributed by atoms with Crippen LogP contribution in [0.2, 0.25) is 0 Å². The highest BCUT2D eigenvalue weighted by molar-refractivity contribution is 5.91. The third-order valence-electron chi connectivity index (χ3n) is 2.76. The van der Waals surface area contributed by atoms with E-state index in [-0.39, 0.29) is 18.4 Å². The van der Waals surface area contributed by atoms with Crippen LogP contribution < -0.4 is 5.01 Å². The average molecular weight is 248 g/mol. The van der Waals surface area contributed by atoms with Crippen LogP contribution in [0.15, 0.2) is 30.3 Å². The molecule has 0 aliphatic heterocycles. The van der Waals surface area contributed by atoms with Crippen LogP contribution in [-0.2, 0) is 9.53 Å². The number of rotatable bonds is 4. The number of carbonyl (C=O) groups excluding carboxylic acids is 1. The normalized spacial score (nSPS) is 10.8. The first-order chi connectivity index (χ1) is 8.69. The van der Waals surface area contributed by atoms with Gasteiger partial charge in [-0.05, 0) is 13.0 Å². The minimum absolute atomic E-state index is 0.0141. The van der Waals surface area contributed by atoms with E-state index in [1.165, 1.54) is 16.8 Å². The maximum atomic E-state index is 11.9. The van der Waals surface area contributed by atoms with Gasteiger partial charge < -0.3 is 9.84 Å². The monoisotopic (exact) mass is 248 g/mol. The molecule has 0 radical (unpaired) electrons. The van der Waals surface area contributed by atoms with Crippen molar-refractivity contribution in [3.05, 3.63) is 30.3 Å². The first-order valence-electron chi connectivity index (χ1n) is 5.78. The Labute approximate surface area is 105 Å². The molecule has 0 aliphatic rings. The zero-order valence-electron chi connectivity index (χ0n) is 10.5. The topological polar surface area (TPSA) is 54.7 Å². The summed E-state index contributed by atoms with van der Waals surface area (Å²) in [5.41, 5.74) is 0.793. The SMILES string of the molecule is CCN(C(=O)COC)n1c(O)cc2ccccc21. The molecular formula is C13H16N2O3. The first kappa shape index (κ1) is 12.4. The Morgan fingerprint density at radius 2 is 2.17 bits per heavy atom. The van der Waals surface area contributed by atoms with Gasteiger partial charge >= 0.3 is 0 Å². The Morgan fingerprint density at radius 1 is 1.44 bits per heavy atom. The fraction of sp³-hybridized carbons (Fsp3) is 0.308. The fourth-order valence-corrected chi connectivity index (χ4v) is 2.01. The van der Waals surface area contributed by atoms with Crippen LogP contribution in [0.1, 0.15) is 6.92 Å². The standard InChI is InChI=1S/C13H16N2O3/c1-3-14(13(17)9-18-2)15-11-7-5-4-6-10(11)8-12(15)16/h4-8,16H,3,9H2,1-2H3. The number of amides is 1. The fourth-order valence-electron chi connectivity index (χ4n) is 2.01. The van der Waals surface area contributed by atoms with E-state index in [1.54, 1.807) is 6.07 Å². The van der Waals surface area contributed by atoms with Crippen molar-refractivity contribution < 1.29 is 14.6 Å². The average Bonchev–Trinajstić information content (AvgIpc) is 2.68. The van der Waals surface area contributed by atoms with Gasteiger partial charge in [0.2, 0.25) is 5.88 Å². The number of hydrogen-bond acceptors (Lipinski definition) is 3. The predicted octanol–water partition coefficient (Wildman–Crippen LogP) is 1.48. The number of likely N-dealkylation sites (N-methyl/N-ethyl adjacent to an activating group) is 1. The lowest BCUT2D eigenvalue weighted by molar-refractivity contribution is -0.123. The summed E-state index contributed by atoms with van der Waals surface area (Å²) in [6, 6.07) is 9.14. The van der Waals surface area contributed by atoms with Crippen LogP contribution in [0.4, 0.5) is 0 Å². The first-order valence-corrected chi connectivity index (χ1v) is 5.78. The number of carbonyl (C=O) groups is 1. The molecule has 2 rings (SSSR count). The van der Waals surface area contributed by atoms with Crippen LogP contribution in [0.5, 0.6) is 5.88 Å². The van der Waals surface area contributed by atoms with Gasteiger partial charge in [-0.1, -0.05) is 18.2 Å². The van der Waals surface area contributed by atoms with Gasteiger partial charge in [0, 0.05) is 25.1 Å². The van der Waals surface area contributed by atoms with E-state index in [2.05, 4.69) is 0 Å². The van der Waals surface area contributed by atoms with E-state index < -0.39 is 0 Å². The van der Waals surface area contributed by atoms with Gasteiger partial charge in [-0.2, -0.15) is 0 Å². The van der Waals surface area contributed by atoms with Crippen molar-refractivity contribution in [2.75, 3.05) is 25.3 Å². The number of benzene rings is 1. The molecule has 0 spiro atoms. The lowest BCUT2D eigenvalue weighted by atomic mass is 10.2. The van der Waals surface area contributed by atoms with Crippen LogP contribution in [0.25, 0.3) is 10.9 Å². The number of hydrogen-bond donors (Lipinski definition) is 1. The maximum Gasteiger partial charge on any atom is 0.267 e. The van der Waals surface area contributed by atoms with Crippen LogP contribution in [-0.4, -0.2) is 36.0 Å². The molecule has 1 N–H and O–H groups in total. The van der Waals surface area contributed by atoms with E-state index in [1.807, 2.05) is 31.2 Å². The molecule has 1 aromatic carbocycles. The van der Waals surface area contributed by atoms with Gasteiger partial charge in [-0.15, -0.1) is 0 Å². The van der Waals surface area contributed by atoms with Gasteiger partial charge in [-0.3, -0.25) is 4.79 Å². The van der Waals surface area contributed by atoms with Crippen LogP contribution in [0.3, 0.4) is 0 Å². The summed E-state index contributed by atoms with van der Waals surface area (Å²) >= 11 is 0. The number of ether oxygens (including phenoxy) is 1. The zero-order valence-corrected chi connectivity index (χ0v) is 10.5. The quantitative estimate of drug-likeness (QED) is 0.891. The Balaban J connectivity index is 2.50. The molecule has 0 aliphatic carbocycles. The molecule has 0 atom stereocenters. The Kier molecular flexibility index (Phi) is 3.53. The molecule has 0 saturated carbocycles. The highest BCUT2D eigenvalue weighted by Crippen LogP contribution is 2.24. The highest BCUT2D eigenvalue weighted by Gasteiger charge is 2.18. The van der Waals surface area contributed by atoms with Crippen molar-refractivity contribution in [1.29, 1.82) is 0 Å². The number of nitrogens with zero attached hydrogens (tertiary/aromatic N) is 2. The zero-order chi connectivity index (χ0) is 13.1. The number of methoxy groups -OCH3 is 1. The van der Waals surface area contributed by atoms with Gasteiger partial charge in [0.05, 0.1) is 5.52 Å². The second kappa shape index (κ2) is 5.10. The van der Waals surface area contributed by atoms with Crippen molar-refractivity contribution in [1.82, 2.24) is 4.68 Å². The number of fused-ring (bicyclic) bond motifs is 1. The van der Waals surface area contributed by atoms with Crippen molar-refractivity contribution in [3.8, 4) is 5.88 Å². The molecule has 0 bridgehead atoms. The Hall–Kier alpha value is -2.01. The summed E-state index contributed by atoms with van der Waals surface area (Å²) in [5.74, 6) is -0.154. The van der Waals surface area contributed by atoms with Gasteiger partial charge in [0.1, 0.15) is 6.61 Å². The predicted molar refractivity (Wildman–Crippen MR) is 69.2 cm³/mol. The van der Waals surface area contributed by atoms with Gasteiger partial charge in [-0.25, -0.2) is 9.69 Å². The molecule has 1 heterocycles. The van der Waals surface area contributed by atoms with Crippen LogP contribution in [0, 0.1) is 0 Å². The van der Waals surface area contributed by atoms with Crippen molar-refractivity contribution in [2.24, 2.45) is 0 Å². The molecule has 2 aromatic rings. The number of para-hydroxylation sites is 1. The maximum absolute atomic E-state index is 11.9. The van der Waals surface area contributed by atoms with Crippen molar-refractivity contribution in [2.45, 2.75) is 6.92 Å². The molecule has 5 heteroatoms. The minimum Gasteiger partial charge on any atom is -0.493 e.